The number of carboxylic acids is 3. The van der Waals surface area contributed by atoms with Crippen molar-refractivity contribution in [1.82, 2.24) is 0 Å². The summed E-state index contributed by atoms with van der Waals surface area (Å²) in [6.45, 7) is 6.78. The predicted molar refractivity (Wildman–Crippen MR) is 261 cm³/mol. The molecule has 0 unspecified atom stereocenters. The molecule has 61 heavy (non-hydrogen) atoms. The van der Waals surface area contributed by atoms with Crippen LogP contribution >= 0.6 is 0 Å². The van der Waals surface area contributed by atoms with E-state index in [4.69, 9.17) is 15.3 Å². The van der Waals surface area contributed by atoms with Gasteiger partial charge in [-0.1, -0.05) is 211 Å². The van der Waals surface area contributed by atoms with Crippen LogP contribution < -0.4 is 0 Å². The van der Waals surface area contributed by atoms with Crippen molar-refractivity contribution in [3.8, 4) is 0 Å². The molecule has 0 aromatic carbocycles. The van der Waals surface area contributed by atoms with Gasteiger partial charge in [0.2, 0.25) is 0 Å². The average molecular weight is 1000 g/mol. The molecule has 0 fully saturated rings. The van der Waals surface area contributed by atoms with Gasteiger partial charge in [-0.3, -0.25) is 14.4 Å². The first-order chi connectivity index (χ1) is 29.3. The first-order valence-electron chi connectivity index (χ1n) is 25.9. The van der Waals surface area contributed by atoms with Gasteiger partial charge >= 0.3 is 17.9 Å². The fourth-order valence-corrected chi connectivity index (χ4v) is 7.04. The standard InChI is InChI=1S/3C18H34O2.Gd/c3*1-2-3-4-5-6-7-8-9-10-11-12-13-14-15-16-17-18(19)20;/h3*9-10H,2-8,11-17H2,1H3,(H,19,20);/b3*10-9-;. The molecule has 0 spiro atoms. The van der Waals surface area contributed by atoms with Crippen molar-refractivity contribution in [3.63, 3.8) is 0 Å². The Morgan fingerprint density at radius 3 is 0.574 bits per heavy atom. The molecule has 0 saturated carbocycles. The summed E-state index contributed by atoms with van der Waals surface area (Å²) < 4.78 is 0. The van der Waals surface area contributed by atoms with Crippen LogP contribution in [0.2, 0.25) is 0 Å². The SMILES string of the molecule is CCCCCCCC/C=C\CCCCCCCC(=O)O.CCCCCCCC/C=C\CCCCCCCC(=O)O.CCCCCCCC/C=C\CCCCCCCC(=O)O.[Gd]. The van der Waals surface area contributed by atoms with Crippen LogP contribution in [-0.2, 0) is 14.4 Å². The minimum Gasteiger partial charge on any atom is -0.481 e. The first kappa shape index (κ1) is 66.6. The van der Waals surface area contributed by atoms with Gasteiger partial charge in [0.15, 0.2) is 0 Å². The Morgan fingerprint density at radius 1 is 0.262 bits per heavy atom. The number of carbonyl (C=O) groups is 3. The largest absolute Gasteiger partial charge is 0.481 e. The maximum atomic E-state index is 10.3. The van der Waals surface area contributed by atoms with Gasteiger partial charge in [-0.2, -0.15) is 0 Å². The molecule has 7 heteroatoms. The average Bonchev–Trinajstić information content (AvgIpc) is 3.22. The van der Waals surface area contributed by atoms with E-state index in [2.05, 4.69) is 57.2 Å². The fourth-order valence-electron chi connectivity index (χ4n) is 7.04. The van der Waals surface area contributed by atoms with E-state index >= 15 is 0 Å². The molecule has 0 bridgehead atoms. The van der Waals surface area contributed by atoms with Crippen LogP contribution in [0, 0.1) is 39.9 Å². The summed E-state index contributed by atoms with van der Waals surface area (Å²) in [5.41, 5.74) is 0. The van der Waals surface area contributed by atoms with Crippen LogP contribution in [0.1, 0.15) is 290 Å². The van der Waals surface area contributed by atoms with Crippen molar-refractivity contribution < 1.29 is 69.6 Å². The zero-order chi connectivity index (χ0) is 44.7. The Hall–Kier alpha value is -1.05. The molecule has 0 aliphatic heterocycles. The summed E-state index contributed by atoms with van der Waals surface area (Å²) in [5.74, 6) is -1.99. The van der Waals surface area contributed by atoms with Crippen molar-refractivity contribution >= 4 is 17.9 Å². The third-order valence-corrected chi connectivity index (χ3v) is 11.0. The first-order valence-corrected chi connectivity index (χ1v) is 25.9. The third-order valence-electron chi connectivity index (χ3n) is 11.0. The van der Waals surface area contributed by atoms with Gasteiger partial charge in [0.1, 0.15) is 0 Å². The number of hydrogen-bond donors (Lipinski definition) is 3. The van der Waals surface area contributed by atoms with Crippen LogP contribution in [0.5, 0.6) is 0 Å². The summed E-state index contributed by atoms with van der Waals surface area (Å²) in [7, 11) is 0. The Balaban J connectivity index is -0.000000396. The molecule has 0 aliphatic carbocycles. The Kier molecular flexibility index (Phi) is 69.0. The maximum absolute atomic E-state index is 10.3. The molecule has 3 N–H and O–H groups in total. The molecular formula is C54H102GdO6. The minimum atomic E-state index is -0.664. The molecule has 6 nitrogen and oxygen atoms in total. The van der Waals surface area contributed by atoms with Crippen molar-refractivity contribution in [2.75, 3.05) is 0 Å². The van der Waals surface area contributed by atoms with Gasteiger partial charge in [0.25, 0.3) is 0 Å². The van der Waals surface area contributed by atoms with Crippen LogP contribution in [0.15, 0.2) is 36.5 Å². The second-order valence-corrected chi connectivity index (χ2v) is 17.2. The van der Waals surface area contributed by atoms with E-state index in [0.29, 0.717) is 19.3 Å². The van der Waals surface area contributed by atoms with Crippen LogP contribution in [0.3, 0.4) is 0 Å². The molecule has 0 aliphatic rings. The third kappa shape index (κ3) is 76.6. The van der Waals surface area contributed by atoms with E-state index < -0.39 is 17.9 Å². The van der Waals surface area contributed by atoms with Crippen LogP contribution in [0.4, 0.5) is 0 Å². The van der Waals surface area contributed by atoms with Crippen molar-refractivity contribution in [2.24, 2.45) is 0 Å². The number of unbranched alkanes of at least 4 members (excludes halogenated alkanes) is 33. The molecule has 0 heterocycles. The van der Waals surface area contributed by atoms with Crippen LogP contribution in [-0.4, -0.2) is 33.2 Å². The molecule has 0 amide bonds. The van der Waals surface area contributed by atoms with Gasteiger partial charge in [0, 0.05) is 59.2 Å². The smallest absolute Gasteiger partial charge is 0.303 e. The number of rotatable bonds is 45. The predicted octanol–water partition coefficient (Wildman–Crippen LogP) is 18.3. The molecule has 0 saturated heterocycles. The van der Waals surface area contributed by atoms with Crippen LogP contribution in [0.25, 0.3) is 0 Å². The molecule has 0 rings (SSSR count). The van der Waals surface area contributed by atoms with E-state index in [1.807, 2.05) is 0 Å². The van der Waals surface area contributed by atoms with E-state index in [1.165, 1.54) is 212 Å². The Morgan fingerprint density at radius 2 is 0.410 bits per heavy atom. The van der Waals surface area contributed by atoms with E-state index in [-0.39, 0.29) is 39.9 Å². The second kappa shape index (κ2) is 63.2. The molecular weight excluding hydrogens is 902 g/mol. The van der Waals surface area contributed by atoms with Gasteiger partial charge < -0.3 is 15.3 Å². The van der Waals surface area contributed by atoms with Crippen molar-refractivity contribution in [2.45, 2.75) is 290 Å². The number of aliphatic carboxylic acids is 3. The maximum Gasteiger partial charge on any atom is 0.303 e. The zero-order valence-corrected chi connectivity index (χ0v) is 42.9. The molecule has 0 aromatic rings. The zero-order valence-electron chi connectivity index (χ0n) is 40.6. The van der Waals surface area contributed by atoms with Gasteiger partial charge in [0.05, 0.1) is 0 Å². The topological polar surface area (TPSA) is 112 Å². The number of allylic oxidation sites excluding steroid dienone is 6. The van der Waals surface area contributed by atoms with Gasteiger partial charge in [-0.05, 0) is 96.3 Å². The molecule has 0 aromatic heterocycles. The van der Waals surface area contributed by atoms with E-state index in [9.17, 15) is 14.4 Å². The monoisotopic (exact) mass is 1000 g/mol. The summed E-state index contributed by atoms with van der Waals surface area (Å²) in [5, 5.41) is 25.5. The van der Waals surface area contributed by atoms with E-state index in [0.717, 1.165) is 38.5 Å². The summed E-state index contributed by atoms with van der Waals surface area (Å²) in [4.78, 5) is 31.0. The molecule has 0 atom stereocenters. The Labute approximate surface area is 411 Å². The van der Waals surface area contributed by atoms with Gasteiger partial charge in [-0.25, -0.2) is 0 Å². The Bertz CT molecular complexity index is 827. The van der Waals surface area contributed by atoms with Gasteiger partial charge in [-0.15, -0.1) is 0 Å². The number of hydrogen-bond acceptors (Lipinski definition) is 3. The summed E-state index contributed by atoms with van der Waals surface area (Å²) >= 11 is 0. The quantitative estimate of drug-likeness (QED) is 0.0414. The normalized spacial score (nSPS) is 11.1. The summed E-state index contributed by atoms with van der Waals surface area (Å²) in [6.07, 6.45) is 63.7. The summed E-state index contributed by atoms with van der Waals surface area (Å²) in [6, 6.07) is 0. The molecule has 362 valence electrons. The van der Waals surface area contributed by atoms with E-state index in [1.54, 1.807) is 0 Å². The molecule has 0 radical (unpaired) electrons. The van der Waals surface area contributed by atoms with Crippen molar-refractivity contribution in [3.05, 3.63) is 36.5 Å². The number of carboxylic acid groups (broad SMARTS) is 3. The van der Waals surface area contributed by atoms with Crippen molar-refractivity contribution in [1.29, 1.82) is 0 Å². The second-order valence-electron chi connectivity index (χ2n) is 17.2. The minimum absolute atomic E-state index is 0. The fraction of sp³-hybridized carbons (Fsp3) is 0.833.